The lowest BCUT2D eigenvalue weighted by atomic mass is 9.99. The van der Waals surface area contributed by atoms with Gasteiger partial charge >= 0.3 is 0 Å². The van der Waals surface area contributed by atoms with Gasteiger partial charge in [0.05, 0.1) is 0 Å². The number of nitrogens with two attached hydrogens (primary N) is 1. The fourth-order valence-electron chi connectivity index (χ4n) is 1.09. The van der Waals surface area contributed by atoms with Crippen molar-refractivity contribution >= 4 is 6.29 Å². The van der Waals surface area contributed by atoms with Crippen molar-refractivity contribution in [3.05, 3.63) is 0 Å². The molecule has 0 aromatic heterocycles. The fraction of sp³-hybridized carbons (Fsp3) is 0.889. The van der Waals surface area contributed by atoms with Crippen LogP contribution in [0.3, 0.4) is 0 Å². The zero-order chi connectivity index (χ0) is 9.40. The molecule has 0 rings (SSSR count). The van der Waals surface area contributed by atoms with Crippen LogP contribution < -0.4 is 5.73 Å². The van der Waals surface area contributed by atoms with Crippen LogP contribution in [0.15, 0.2) is 0 Å². The Balaban J connectivity index is 3.34. The minimum Gasteiger partial charge on any atom is -0.325 e. The maximum absolute atomic E-state index is 11.9. The normalized spacial score (nSPS) is 15.6. The first kappa shape index (κ1) is 11.6. The molecule has 0 fully saturated rings. The van der Waals surface area contributed by atoms with Crippen molar-refractivity contribution in [1.82, 2.24) is 0 Å². The zero-order valence-corrected chi connectivity index (χ0v) is 7.63. The van der Waals surface area contributed by atoms with E-state index >= 15 is 0 Å². The third-order valence-electron chi connectivity index (χ3n) is 2.06. The maximum Gasteiger partial charge on any atom is 0.123 e. The second-order valence-electron chi connectivity index (χ2n) is 3.15. The smallest absolute Gasteiger partial charge is 0.123 e. The van der Waals surface area contributed by atoms with Crippen LogP contribution in [0.5, 0.6) is 0 Å². The van der Waals surface area contributed by atoms with Gasteiger partial charge in [0, 0.05) is 12.0 Å². The maximum atomic E-state index is 11.9. The highest BCUT2D eigenvalue weighted by molar-refractivity contribution is 5.53. The number of hydrogen-bond donors (Lipinski definition) is 1. The van der Waals surface area contributed by atoms with Crippen LogP contribution in [0, 0.1) is 5.92 Å². The lowest BCUT2D eigenvalue weighted by Gasteiger charge is -2.09. The summed E-state index contributed by atoms with van der Waals surface area (Å²) in [5.74, 6) is 0.136. The van der Waals surface area contributed by atoms with Gasteiger partial charge in [0.1, 0.15) is 13.0 Å². The largest absolute Gasteiger partial charge is 0.325 e. The molecule has 0 aromatic rings. The third kappa shape index (κ3) is 5.24. The number of halogens is 1. The quantitative estimate of drug-likeness (QED) is 0.598. The molecule has 0 aliphatic heterocycles. The second kappa shape index (κ2) is 7.22. The highest BCUT2D eigenvalue weighted by atomic mass is 19.1. The molecule has 2 unspecified atom stereocenters. The van der Waals surface area contributed by atoms with Crippen molar-refractivity contribution in [3.8, 4) is 0 Å². The Morgan fingerprint density at radius 2 is 2.17 bits per heavy atom. The zero-order valence-electron chi connectivity index (χ0n) is 7.63. The summed E-state index contributed by atoms with van der Waals surface area (Å²) in [5, 5.41) is 0. The summed E-state index contributed by atoms with van der Waals surface area (Å²) in [6.45, 7) is 1.52. The summed E-state index contributed by atoms with van der Waals surface area (Å²) < 4.78 is 11.9. The summed E-state index contributed by atoms with van der Waals surface area (Å²) in [6, 6.07) is -0.339. The van der Waals surface area contributed by atoms with Crippen LogP contribution >= 0.6 is 0 Å². The van der Waals surface area contributed by atoms with Crippen LogP contribution in [-0.2, 0) is 4.79 Å². The molecule has 0 bridgehead atoms. The molecular formula is C9H18FNO. The SMILES string of the molecule is CCC(C=O)CCCC(N)CF. The molecule has 2 N–H and O–H groups in total. The molecule has 3 heteroatoms. The monoisotopic (exact) mass is 175 g/mol. The number of carbonyl (C=O) groups excluding carboxylic acids is 1. The molecule has 0 amide bonds. The van der Waals surface area contributed by atoms with E-state index in [4.69, 9.17) is 5.73 Å². The second-order valence-corrected chi connectivity index (χ2v) is 3.15. The average Bonchev–Trinajstić information content (AvgIpc) is 2.12. The van der Waals surface area contributed by atoms with Crippen molar-refractivity contribution in [2.24, 2.45) is 11.7 Å². The Labute approximate surface area is 73.3 Å². The Morgan fingerprint density at radius 3 is 2.58 bits per heavy atom. The van der Waals surface area contributed by atoms with Gasteiger partial charge in [-0.25, -0.2) is 4.39 Å². The van der Waals surface area contributed by atoms with E-state index in [1.54, 1.807) is 0 Å². The van der Waals surface area contributed by atoms with Crippen molar-refractivity contribution in [2.75, 3.05) is 6.67 Å². The standard InChI is InChI=1S/C9H18FNO/c1-2-8(7-12)4-3-5-9(11)6-10/h7-9H,2-6,11H2,1H3. The van der Waals surface area contributed by atoms with E-state index < -0.39 is 6.67 Å². The van der Waals surface area contributed by atoms with E-state index in [2.05, 4.69) is 0 Å². The van der Waals surface area contributed by atoms with Crippen LogP contribution in [0.1, 0.15) is 32.6 Å². The highest BCUT2D eigenvalue weighted by Gasteiger charge is 2.06. The van der Waals surface area contributed by atoms with E-state index in [0.717, 1.165) is 25.5 Å². The van der Waals surface area contributed by atoms with E-state index in [9.17, 15) is 9.18 Å². The van der Waals surface area contributed by atoms with Gasteiger partial charge in [-0.1, -0.05) is 13.3 Å². The fourth-order valence-corrected chi connectivity index (χ4v) is 1.09. The Kier molecular flexibility index (Phi) is 6.96. The molecule has 0 spiro atoms. The summed E-state index contributed by atoms with van der Waals surface area (Å²) >= 11 is 0. The molecular weight excluding hydrogens is 157 g/mol. The molecule has 72 valence electrons. The molecule has 2 nitrogen and oxygen atoms in total. The molecule has 0 saturated carbocycles. The van der Waals surface area contributed by atoms with Gasteiger partial charge in [0.15, 0.2) is 0 Å². The first-order valence-electron chi connectivity index (χ1n) is 4.51. The molecule has 0 aliphatic carbocycles. The molecule has 0 radical (unpaired) electrons. The third-order valence-corrected chi connectivity index (χ3v) is 2.06. The molecule has 0 aliphatic rings. The van der Waals surface area contributed by atoms with Gasteiger partial charge in [0.2, 0.25) is 0 Å². The summed E-state index contributed by atoms with van der Waals surface area (Å²) in [4.78, 5) is 10.4. The number of alkyl halides is 1. The Morgan fingerprint density at radius 1 is 1.50 bits per heavy atom. The number of rotatable bonds is 7. The molecule has 12 heavy (non-hydrogen) atoms. The summed E-state index contributed by atoms with van der Waals surface area (Å²) in [6.07, 6.45) is 4.21. The van der Waals surface area contributed by atoms with Gasteiger partial charge in [-0.15, -0.1) is 0 Å². The highest BCUT2D eigenvalue weighted by Crippen LogP contribution is 2.10. The molecule has 0 saturated heterocycles. The van der Waals surface area contributed by atoms with Gasteiger partial charge < -0.3 is 10.5 Å². The van der Waals surface area contributed by atoms with Crippen molar-refractivity contribution in [1.29, 1.82) is 0 Å². The number of hydrogen-bond acceptors (Lipinski definition) is 2. The van der Waals surface area contributed by atoms with Crippen LogP contribution in [0.2, 0.25) is 0 Å². The van der Waals surface area contributed by atoms with Crippen LogP contribution in [-0.4, -0.2) is 19.0 Å². The van der Waals surface area contributed by atoms with Crippen molar-refractivity contribution < 1.29 is 9.18 Å². The van der Waals surface area contributed by atoms with E-state index in [0.29, 0.717) is 6.42 Å². The van der Waals surface area contributed by atoms with Gasteiger partial charge in [-0.2, -0.15) is 0 Å². The van der Waals surface area contributed by atoms with E-state index in [1.165, 1.54) is 0 Å². The lowest BCUT2D eigenvalue weighted by Crippen LogP contribution is -2.22. The minimum absolute atomic E-state index is 0.136. The van der Waals surface area contributed by atoms with Crippen LogP contribution in [0.4, 0.5) is 4.39 Å². The molecule has 2 atom stereocenters. The average molecular weight is 175 g/mol. The van der Waals surface area contributed by atoms with Gasteiger partial charge in [-0.3, -0.25) is 0 Å². The molecule has 0 aromatic carbocycles. The topological polar surface area (TPSA) is 43.1 Å². The predicted octanol–water partition coefficient (Wildman–Crippen LogP) is 1.68. The molecule has 0 heterocycles. The van der Waals surface area contributed by atoms with Crippen LogP contribution in [0.25, 0.3) is 0 Å². The summed E-state index contributed by atoms with van der Waals surface area (Å²) in [7, 11) is 0. The van der Waals surface area contributed by atoms with Gasteiger partial charge in [0.25, 0.3) is 0 Å². The van der Waals surface area contributed by atoms with Crippen molar-refractivity contribution in [3.63, 3.8) is 0 Å². The predicted molar refractivity (Wildman–Crippen MR) is 47.6 cm³/mol. The lowest BCUT2D eigenvalue weighted by molar-refractivity contribution is -0.111. The van der Waals surface area contributed by atoms with E-state index in [-0.39, 0.29) is 12.0 Å². The first-order chi connectivity index (χ1) is 5.74. The minimum atomic E-state index is -0.460. The Hall–Kier alpha value is -0.440. The summed E-state index contributed by atoms with van der Waals surface area (Å²) in [5.41, 5.74) is 5.38. The van der Waals surface area contributed by atoms with Crippen molar-refractivity contribution in [2.45, 2.75) is 38.6 Å². The first-order valence-corrected chi connectivity index (χ1v) is 4.51. The van der Waals surface area contributed by atoms with E-state index in [1.807, 2.05) is 6.92 Å². The Bertz CT molecular complexity index is 119. The van der Waals surface area contributed by atoms with Gasteiger partial charge in [-0.05, 0) is 19.3 Å². The number of carbonyl (C=O) groups is 1. The number of aldehydes is 1.